The van der Waals surface area contributed by atoms with Crippen LogP contribution in [-0.2, 0) is 37.5 Å². The molecule has 0 bridgehead atoms. The van der Waals surface area contributed by atoms with Gasteiger partial charge >= 0.3 is 0 Å². The maximum absolute atomic E-state index is 11.8. The molecule has 2 fully saturated rings. The monoisotopic (exact) mass is 317 g/mol. The Bertz CT molecular complexity index is 227. The van der Waals surface area contributed by atoms with Crippen LogP contribution in [0.2, 0.25) is 0 Å². The Kier molecular flexibility index (Phi) is 7.75. The van der Waals surface area contributed by atoms with E-state index in [2.05, 4.69) is 12.2 Å². The van der Waals surface area contributed by atoms with E-state index >= 15 is 0 Å². The van der Waals surface area contributed by atoms with E-state index in [9.17, 15) is 4.79 Å². The van der Waals surface area contributed by atoms with Crippen LogP contribution in [0.4, 0.5) is 0 Å². The van der Waals surface area contributed by atoms with Crippen LogP contribution in [0.25, 0.3) is 5.32 Å². The summed E-state index contributed by atoms with van der Waals surface area (Å²) in [5.41, 5.74) is 0. The number of carbonyl (C=O) groups excluding carboxylic acids is 1. The van der Waals surface area contributed by atoms with Crippen molar-refractivity contribution < 1.29 is 37.5 Å². The molecule has 0 aromatic rings. The van der Waals surface area contributed by atoms with Crippen molar-refractivity contribution in [3.05, 3.63) is 12.7 Å². The molecule has 2 aliphatic heterocycles. The second kappa shape index (κ2) is 7.35. The van der Waals surface area contributed by atoms with Gasteiger partial charge in [0, 0.05) is 51.4 Å². The number of thioether (sulfide) groups is 1. The Balaban J connectivity index is 0.00000112. The van der Waals surface area contributed by atoms with Gasteiger partial charge in [0.25, 0.3) is 0 Å². The van der Waals surface area contributed by atoms with Gasteiger partial charge in [0.05, 0.1) is 4.87 Å². The van der Waals surface area contributed by atoms with Gasteiger partial charge in [0.1, 0.15) is 0 Å². The Hall–Kier alpha value is 0.884. The largest absolute Gasteiger partial charge is 0.660 e. The predicted molar refractivity (Wildman–Crippen MR) is 65.9 cm³/mol. The van der Waals surface area contributed by atoms with Crippen molar-refractivity contribution in [1.82, 2.24) is 4.90 Å². The van der Waals surface area contributed by atoms with Crippen molar-refractivity contribution in [2.45, 2.75) is 31.1 Å². The molecule has 1 amide bonds. The van der Waals surface area contributed by atoms with Crippen molar-refractivity contribution in [2.75, 3.05) is 25.4 Å². The molecule has 0 aromatic carbocycles. The predicted octanol–water partition coefficient (Wildman–Crippen LogP) is 2.28. The van der Waals surface area contributed by atoms with Crippen molar-refractivity contribution in [3.63, 3.8) is 0 Å². The van der Waals surface area contributed by atoms with Gasteiger partial charge in [-0.2, -0.15) is 0 Å². The van der Waals surface area contributed by atoms with Crippen LogP contribution in [0.15, 0.2) is 0 Å². The van der Waals surface area contributed by atoms with Gasteiger partial charge in [-0.3, -0.25) is 4.79 Å². The molecule has 0 saturated carbocycles. The fraction of sp³-hybridized carbons (Fsp3) is 0.818. The summed E-state index contributed by atoms with van der Waals surface area (Å²) in [6, 6.07) is 0. The van der Waals surface area contributed by atoms with Gasteiger partial charge in [-0.25, -0.2) is 0 Å². The zero-order valence-electron chi connectivity index (χ0n) is 10.2. The zero-order valence-corrected chi connectivity index (χ0v) is 13.9. The van der Waals surface area contributed by atoms with E-state index in [4.69, 9.17) is 0 Å². The van der Waals surface area contributed by atoms with Crippen LogP contribution in [0.1, 0.15) is 26.2 Å². The van der Waals surface area contributed by atoms with Crippen LogP contribution >= 0.6 is 11.8 Å². The smallest absolute Gasteiger partial charge is 0.224 e. The second-order valence-electron chi connectivity index (χ2n) is 3.89. The van der Waals surface area contributed by atoms with Crippen LogP contribution < -0.4 is 0 Å². The summed E-state index contributed by atoms with van der Waals surface area (Å²) in [5, 5.41) is 4.47. The summed E-state index contributed by atoms with van der Waals surface area (Å²) >= 11 is 1.93. The third kappa shape index (κ3) is 3.21. The van der Waals surface area contributed by atoms with Crippen molar-refractivity contribution in [2.24, 2.45) is 0 Å². The molecule has 2 aliphatic rings. The van der Waals surface area contributed by atoms with Crippen LogP contribution in [0.5, 0.6) is 0 Å². The third-order valence-corrected chi connectivity index (χ3v) is 4.54. The summed E-state index contributed by atoms with van der Waals surface area (Å²) in [4.78, 5) is 13.8. The van der Waals surface area contributed by atoms with Gasteiger partial charge < -0.3 is 17.6 Å². The van der Waals surface area contributed by atoms with Gasteiger partial charge in [-0.15, -0.1) is 24.9 Å². The Morgan fingerprint density at radius 2 is 2.31 bits per heavy atom. The summed E-state index contributed by atoms with van der Waals surface area (Å²) < 4.78 is 0. The van der Waals surface area contributed by atoms with Crippen molar-refractivity contribution >= 4 is 17.7 Å². The average Bonchev–Trinajstić information content (AvgIpc) is 2.19. The summed E-state index contributed by atoms with van der Waals surface area (Å²) in [6.07, 6.45) is 2.97. The molecule has 1 radical (unpaired) electrons. The molecule has 3 nitrogen and oxygen atoms in total. The molecule has 2 heterocycles. The second-order valence-corrected chi connectivity index (χ2v) is 5.35. The molecule has 2 saturated heterocycles. The standard InChI is InChI=1S/C10H17N2OS.CH3.Y/c1-2-12-9(13)4-7-14-10(12)5-3-6-11-8-10;;/h2-8H2,1H3;1H3;/q2*-1;. The summed E-state index contributed by atoms with van der Waals surface area (Å²) in [6.45, 7) is 4.73. The fourth-order valence-corrected chi connectivity index (χ4v) is 3.89. The van der Waals surface area contributed by atoms with E-state index in [0.717, 1.165) is 38.2 Å². The van der Waals surface area contributed by atoms with E-state index in [1.807, 2.05) is 16.7 Å². The number of rotatable bonds is 1. The number of nitrogens with zero attached hydrogens (tertiary/aromatic N) is 2. The molecule has 16 heavy (non-hydrogen) atoms. The SMILES string of the molecule is CCN1C(=O)CCSC12CCC[N-]C2.[CH3-].[Y]. The summed E-state index contributed by atoms with van der Waals surface area (Å²) in [7, 11) is 0. The molecular weight excluding hydrogens is 297 g/mol. The molecule has 0 N–H and O–H groups in total. The topological polar surface area (TPSA) is 34.4 Å². The van der Waals surface area contributed by atoms with Crippen LogP contribution in [-0.4, -0.2) is 41.1 Å². The Morgan fingerprint density at radius 1 is 1.56 bits per heavy atom. The number of amides is 1. The average molecular weight is 317 g/mol. The third-order valence-electron chi connectivity index (χ3n) is 3.04. The van der Waals surface area contributed by atoms with E-state index in [1.54, 1.807) is 0 Å². The molecule has 91 valence electrons. The molecule has 1 unspecified atom stereocenters. The molecule has 2 rings (SSSR count). The number of hydrogen-bond donors (Lipinski definition) is 0. The maximum atomic E-state index is 11.8. The van der Waals surface area contributed by atoms with E-state index in [-0.39, 0.29) is 45.0 Å². The summed E-state index contributed by atoms with van der Waals surface area (Å²) in [5.74, 6) is 1.30. The first-order valence-corrected chi connectivity index (χ1v) is 6.35. The zero-order chi connectivity index (χ0) is 10.0. The van der Waals surface area contributed by atoms with Crippen LogP contribution in [0.3, 0.4) is 0 Å². The van der Waals surface area contributed by atoms with Gasteiger partial charge in [-0.1, -0.05) is 6.42 Å². The first-order valence-electron chi connectivity index (χ1n) is 5.36. The minimum Gasteiger partial charge on any atom is -0.660 e. The normalized spacial score (nSPS) is 29.6. The van der Waals surface area contributed by atoms with Gasteiger partial charge in [0.15, 0.2) is 0 Å². The fourth-order valence-electron chi connectivity index (χ4n) is 2.37. The number of carbonyl (C=O) groups is 1. The first kappa shape index (κ1) is 16.9. The number of likely N-dealkylation sites (N-methyl/N-ethyl adjacent to an activating group) is 1. The van der Waals surface area contributed by atoms with E-state index in [1.165, 1.54) is 0 Å². The van der Waals surface area contributed by atoms with Crippen molar-refractivity contribution in [1.29, 1.82) is 0 Å². The van der Waals surface area contributed by atoms with Crippen LogP contribution in [0, 0.1) is 7.43 Å². The Labute approximate surface area is 128 Å². The quantitative estimate of drug-likeness (QED) is 0.696. The minimum absolute atomic E-state index is 0. The van der Waals surface area contributed by atoms with E-state index < -0.39 is 0 Å². The van der Waals surface area contributed by atoms with Crippen molar-refractivity contribution in [3.8, 4) is 0 Å². The van der Waals surface area contributed by atoms with E-state index in [0.29, 0.717) is 12.3 Å². The Morgan fingerprint density at radius 3 is 2.88 bits per heavy atom. The van der Waals surface area contributed by atoms with Gasteiger partial charge in [0.2, 0.25) is 5.91 Å². The molecule has 1 spiro atoms. The molecule has 0 aromatic heterocycles. The number of hydrogen-bond acceptors (Lipinski definition) is 2. The number of piperidine rings is 1. The molecule has 5 heteroatoms. The maximum Gasteiger partial charge on any atom is 0.224 e. The molecule has 0 aliphatic carbocycles. The first-order chi connectivity index (χ1) is 6.78. The minimum atomic E-state index is 0. The van der Waals surface area contributed by atoms with Gasteiger partial charge in [-0.05, 0) is 13.3 Å². The molecule has 1 atom stereocenters. The molecular formula is C11H20N2OSY-2.